The number of fused-ring (bicyclic) bond motifs is 1. The number of hydrogen-bond acceptors (Lipinski definition) is 4. The summed E-state index contributed by atoms with van der Waals surface area (Å²) in [6.07, 6.45) is 0. The van der Waals surface area contributed by atoms with Crippen molar-refractivity contribution in [2.24, 2.45) is 0 Å². The summed E-state index contributed by atoms with van der Waals surface area (Å²) in [5, 5.41) is 0. The molecule has 1 aliphatic rings. The van der Waals surface area contributed by atoms with Gasteiger partial charge in [-0.3, -0.25) is 14.4 Å². The van der Waals surface area contributed by atoms with Crippen molar-refractivity contribution in [1.82, 2.24) is 0 Å². The zero-order valence-corrected chi connectivity index (χ0v) is 11.3. The molecular formula is C17H12O4. The molecule has 1 aliphatic carbocycles. The molecule has 104 valence electrons. The van der Waals surface area contributed by atoms with Crippen LogP contribution < -0.4 is 4.74 Å². The summed E-state index contributed by atoms with van der Waals surface area (Å²) in [5.74, 6) is -1.80. The van der Waals surface area contributed by atoms with E-state index < -0.39 is 11.9 Å². The van der Waals surface area contributed by atoms with Crippen molar-refractivity contribution in [3.05, 3.63) is 65.2 Å². The Morgan fingerprint density at radius 1 is 0.952 bits per heavy atom. The zero-order valence-electron chi connectivity index (χ0n) is 11.3. The van der Waals surface area contributed by atoms with Gasteiger partial charge in [0.05, 0.1) is 5.56 Å². The van der Waals surface area contributed by atoms with Crippen molar-refractivity contribution in [2.45, 2.75) is 12.8 Å². The van der Waals surface area contributed by atoms with E-state index in [2.05, 4.69) is 0 Å². The molecule has 0 saturated heterocycles. The Morgan fingerprint density at radius 3 is 2.33 bits per heavy atom. The third-order valence-corrected chi connectivity index (χ3v) is 3.45. The van der Waals surface area contributed by atoms with Crippen LogP contribution in [-0.4, -0.2) is 17.5 Å². The van der Waals surface area contributed by atoms with E-state index in [1.165, 1.54) is 13.0 Å². The molecule has 1 atom stereocenters. The van der Waals surface area contributed by atoms with Gasteiger partial charge in [-0.2, -0.15) is 0 Å². The zero-order chi connectivity index (χ0) is 15.0. The summed E-state index contributed by atoms with van der Waals surface area (Å²) in [7, 11) is 0. The number of benzene rings is 2. The Balaban J connectivity index is 2.11. The maximum absolute atomic E-state index is 12.6. The largest absolute Gasteiger partial charge is 0.426 e. The van der Waals surface area contributed by atoms with E-state index in [0.29, 0.717) is 11.1 Å². The van der Waals surface area contributed by atoms with Gasteiger partial charge in [0.1, 0.15) is 11.7 Å². The molecule has 4 heteroatoms. The van der Waals surface area contributed by atoms with Crippen molar-refractivity contribution in [3.8, 4) is 5.75 Å². The van der Waals surface area contributed by atoms with Crippen LogP contribution in [0.5, 0.6) is 5.75 Å². The monoisotopic (exact) mass is 280 g/mol. The molecule has 0 heterocycles. The lowest BCUT2D eigenvalue weighted by molar-refractivity contribution is -0.131. The standard InChI is InChI=1S/C17H12O4/c1-10(18)21-13-9-5-8-12-15(13)17(20)14(16(12)19)11-6-3-2-4-7-11/h2-9,14H,1H3. The second-order valence-electron chi connectivity index (χ2n) is 4.84. The number of carbonyl (C=O) groups is 3. The summed E-state index contributed by atoms with van der Waals surface area (Å²) in [6, 6.07) is 13.6. The predicted octanol–water partition coefficient (Wildman–Crippen LogP) is 2.77. The molecule has 0 aliphatic heterocycles. The molecule has 1 unspecified atom stereocenters. The van der Waals surface area contributed by atoms with Crippen molar-refractivity contribution in [1.29, 1.82) is 0 Å². The van der Waals surface area contributed by atoms with Gasteiger partial charge in [0.25, 0.3) is 0 Å². The minimum Gasteiger partial charge on any atom is -0.426 e. The normalized spacial score (nSPS) is 16.7. The highest BCUT2D eigenvalue weighted by Crippen LogP contribution is 2.38. The summed E-state index contributed by atoms with van der Waals surface area (Å²) in [4.78, 5) is 36.2. The average Bonchev–Trinajstić information content (AvgIpc) is 2.72. The lowest BCUT2D eigenvalue weighted by atomic mass is 9.94. The molecule has 0 aromatic heterocycles. The first-order valence-corrected chi connectivity index (χ1v) is 6.54. The fraction of sp³-hybridized carbons (Fsp3) is 0.118. The van der Waals surface area contributed by atoms with Gasteiger partial charge in [0.15, 0.2) is 11.6 Å². The molecule has 0 amide bonds. The Bertz CT molecular complexity index is 747. The second-order valence-corrected chi connectivity index (χ2v) is 4.84. The molecular weight excluding hydrogens is 268 g/mol. The van der Waals surface area contributed by atoms with Crippen LogP contribution in [-0.2, 0) is 4.79 Å². The molecule has 4 nitrogen and oxygen atoms in total. The topological polar surface area (TPSA) is 60.4 Å². The van der Waals surface area contributed by atoms with Crippen LogP contribution in [0.3, 0.4) is 0 Å². The van der Waals surface area contributed by atoms with Crippen molar-refractivity contribution < 1.29 is 19.1 Å². The Hall–Kier alpha value is -2.75. The minimum absolute atomic E-state index is 0.150. The molecule has 0 N–H and O–H groups in total. The van der Waals surface area contributed by atoms with Crippen LogP contribution >= 0.6 is 0 Å². The van der Waals surface area contributed by atoms with Gasteiger partial charge in [-0.15, -0.1) is 0 Å². The molecule has 0 saturated carbocycles. The molecule has 3 rings (SSSR count). The van der Waals surface area contributed by atoms with Crippen LogP contribution in [0.25, 0.3) is 0 Å². The first-order valence-electron chi connectivity index (χ1n) is 6.54. The molecule has 0 radical (unpaired) electrons. The first-order chi connectivity index (χ1) is 10.1. The number of rotatable bonds is 2. The first kappa shape index (κ1) is 13.2. The van der Waals surface area contributed by atoms with Crippen molar-refractivity contribution >= 4 is 17.5 Å². The molecule has 0 fully saturated rings. The number of ether oxygens (including phenoxy) is 1. The van der Waals surface area contributed by atoms with Gasteiger partial charge < -0.3 is 4.74 Å². The molecule has 2 aromatic carbocycles. The summed E-state index contributed by atoms with van der Waals surface area (Å²) in [6.45, 7) is 1.26. The van der Waals surface area contributed by atoms with Crippen LogP contribution in [0, 0.1) is 0 Å². The van der Waals surface area contributed by atoms with Crippen LogP contribution in [0.2, 0.25) is 0 Å². The van der Waals surface area contributed by atoms with E-state index in [1.54, 1.807) is 36.4 Å². The number of carbonyl (C=O) groups excluding carboxylic acids is 3. The van der Waals surface area contributed by atoms with Crippen LogP contribution in [0.1, 0.15) is 39.1 Å². The maximum Gasteiger partial charge on any atom is 0.308 e. The van der Waals surface area contributed by atoms with Gasteiger partial charge in [-0.05, 0) is 11.6 Å². The fourth-order valence-electron chi connectivity index (χ4n) is 2.60. The Labute approximate surface area is 121 Å². The second kappa shape index (κ2) is 4.98. The third-order valence-electron chi connectivity index (χ3n) is 3.45. The van der Waals surface area contributed by atoms with Gasteiger partial charge in [-0.1, -0.05) is 42.5 Å². The maximum atomic E-state index is 12.6. The van der Waals surface area contributed by atoms with E-state index in [0.717, 1.165) is 0 Å². The van der Waals surface area contributed by atoms with Crippen molar-refractivity contribution in [3.63, 3.8) is 0 Å². The SMILES string of the molecule is CC(=O)Oc1cccc2c1C(=O)C(c1ccccc1)C2=O. The molecule has 21 heavy (non-hydrogen) atoms. The number of ketones is 2. The van der Waals surface area contributed by atoms with E-state index in [1.807, 2.05) is 6.07 Å². The van der Waals surface area contributed by atoms with Gasteiger partial charge in [0.2, 0.25) is 0 Å². The highest BCUT2D eigenvalue weighted by molar-refractivity contribution is 6.30. The van der Waals surface area contributed by atoms with E-state index >= 15 is 0 Å². The average molecular weight is 280 g/mol. The minimum atomic E-state index is -0.849. The predicted molar refractivity (Wildman–Crippen MR) is 75.6 cm³/mol. The number of esters is 1. The van der Waals surface area contributed by atoms with E-state index in [9.17, 15) is 14.4 Å². The highest BCUT2D eigenvalue weighted by atomic mass is 16.5. The number of hydrogen-bond donors (Lipinski definition) is 0. The van der Waals surface area contributed by atoms with Gasteiger partial charge >= 0.3 is 5.97 Å². The van der Waals surface area contributed by atoms with E-state index in [4.69, 9.17) is 4.74 Å². The fourth-order valence-corrected chi connectivity index (χ4v) is 2.60. The lowest BCUT2D eigenvalue weighted by Gasteiger charge is -2.07. The molecule has 0 spiro atoms. The third kappa shape index (κ3) is 2.14. The molecule has 2 aromatic rings. The highest BCUT2D eigenvalue weighted by Gasteiger charge is 2.41. The van der Waals surface area contributed by atoms with Crippen molar-refractivity contribution in [2.75, 3.05) is 0 Å². The lowest BCUT2D eigenvalue weighted by Crippen LogP contribution is -2.13. The van der Waals surface area contributed by atoms with E-state index in [-0.39, 0.29) is 22.9 Å². The quantitative estimate of drug-likeness (QED) is 0.482. The summed E-state index contributed by atoms with van der Waals surface area (Å²) >= 11 is 0. The van der Waals surface area contributed by atoms with Gasteiger partial charge in [-0.25, -0.2) is 0 Å². The Kier molecular flexibility index (Phi) is 3.14. The number of Topliss-reactive ketones (excluding diaryl/α,β-unsaturated/α-hetero) is 2. The van der Waals surface area contributed by atoms with Crippen LogP contribution in [0.4, 0.5) is 0 Å². The summed E-state index contributed by atoms with van der Waals surface area (Å²) < 4.78 is 5.05. The van der Waals surface area contributed by atoms with Gasteiger partial charge in [0, 0.05) is 12.5 Å². The van der Waals surface area contributed by atoms with Crippen LogP contribution in [0.15, 0.2) is 48.5 Å². The molecule has 0 bridgehead atoms. The Morgan fingerprint density at radius 2 is 1.67 bits per heavy atom. The smallest absolute Gasteiger partial charge is 0.308 e. The summed E-state index contributed by atoms with van der Waals surface area (Å²) in [5.41, 5.74) is 1.16.